The lowest BCUT2D eigenvalue weighted by Gasteiger charge is -2.38. The average Bonchev–Trinajstić information content (AvgIpc) is 3.30. The minimum atomic E-state index is -0.299. The first kappa shape index (κ1) is 18.8. The topological polar surface area (TPSA) is 91.5 Å². The predicted molar refractivity (Wildman–Crippen MR) is 111 cm³/mol. The van der Waals surface area contributed by atoms with Crippen LogP contribution in [0.25, 0.3) is 11.5 Å². The number of likely N-dealkylation sites (tertiary alicyclic amines) is 1. The van der Waals surface area contributed by atoms with E-state index in [-0.39, 0.29) is 23.4 Å². The molecule has 2 fully saturated rings. The van der Waals surface area contributed by atoms with Crippen molar-refractivity contribution < 1.29 is 14.3 Å². The Morgan fingerprint density at radius 2 is 1.90 bits per heavy atom. The van der Waals surface area contributed by atoms with Gasteiger partial charge < -0.3 is 14.8 Å². The molecule has 30 heavy (non-hydrogen) atoms. The van der Waals surface area contributed by atoms with Gasteiger partial charge in [0.1, 0.15) is 12.0 Å². The van der Waals surface area contributed by atoms with Gasteiger partial charge in [-0.15, -0.1) is 0 Å². The van der Waals surface area contributed by atoms with Gasteiger partial charge in [-0.3, -0.25) is 9.69 Å². The number of carbonyl (C=O) groups excluding carboxylic acids is 1. The van der Waals surface area contributed by atoms with E-state index in [4.69, 9.17) is 4.42 Å². The number of carbonyl (C=O) groups is 1. The lowest BCUT2D eigenvalue weighted by Crippen LogP contribution is -2.52. The molecule has 7 heteroatoms. The molecule has 3 heterocycles. The van der Waals surface area contributed by atoms with Crippen LogP contribution in [0, 0.1) is 11.8 Å². The normalized spacial score (nSPS) is 23.4. The summed E-state index contributed by atoms with van der Waals surface area (Å²) in [6, 6.07) is 13.1. The smallest absolute Gasteiger partial charge is 0.273 e. The molecule has 3 atom stereocenters. The van der Waals surface area contributed by atoms with Crippen LogP contribution in [0.5, 0.6) is 5.75 Å². The van der Waals surface area contributed by atoms with E-state index in [9.17, 15) is 9.90 Å². The molecular formula is C23H24N4O3. The molecule has 1 aliphatic heterocycles. The van der Waals surface area contributed by atoms with Crippen molar-refractivity contribution >= 4 is 5.91 Å². The number of hydrogen-bond donors (Lipinski definition) is 2. The first-order chi connectivity index (χ1) is 14.7. The van der Waals surface area contributed by atoms with Crippen molar-refractivity contribution in [1.29, 1.82) is 0 Å². The van der Waals surface area contributed by atoms with Crippen LogP contribution in [0.3, 0.4) is 0 Å². The van der Waals surface area contributed by atoms with Crippen molar-refractivity contribution in [3.05, 3.63) is 66.3 Å². The molecule has 5 rings (SSSR count). The summed E-state index contributed by atoms with van der Waals surface area (Å²) in [5.41, 5.74) is 1.99. The lowest BCUT2D eigenvalue weighted by atomic mass is 9.92. The zero-order chi connectivity index (χ0) is 20.5. The van der Waals surface area contributed by atoms with Gasteiger partial charge in [0.15, 0.2) is 5.69 Å². The SMILES string of the molecule is O=C(NC1[C@@H]2CC[C@H]1CN(Cc1coc(-c3ccccc3)n1)C2)c1ncccc1O. The van der Waals surface area contributed by atoms with Crippen molar-refractivity contribution in [2.75, 3.05) is 13.1 Å². The molecule has 1 aliphatic carbocycles. The molecule has 1 unspecified atom stereocenters. The van der Waals surface area contributed by atoms with Crippen molar-refractivity contribution in [3.63, 3.8) is 0 Å². The lowest BCUT2D eigenvalue weighted by molar-refractivity contribution is 0.0815. The Kier molecular flexibility index (Phi) is 4.96. The molecule has 2 aromatic heterocycles. The number of aromatic hydroxyl groups is 1. The number of rotatable bonds is 5. The maximum atomic E-state index is 12.6. The second-order valence-electron chi connectivity index (χ2n) is 8.17. The molecule has 1 aromatic carbocycles. The van der Waals surface area contributed by atoms with E-state index in [0.717, 1.165) is 43.7 Å². The molecule has 3 aromatic rings. The maximum Gasteiger partial charge on any atom is 0.273 e. The molecule has 2 N–H and O–H groups in total. The fourth-order valence-electron chi connectivity index (χ4n) is 4.80. The van der Waals surface area contributed by atoms with Gasteiger partial charge in [0.05, 0.1) is 5.69 Å². The molecule has 2 aliphatic rings. The summed E-state index contributed by atoms with van der Waals surface area (Å²) < 4.78 is 5.67. The third kappa shape index (κ3) is 3.68. The molecule has 1 saturated heterocycles. The molecule has 154 valence electrons. The van der Waals surface area contributed by atoms with E-state index in [2.05, 4.69) is 20.2 Å². The molecule has 0 radical (unpaired) electrons. The fourth-order valence-corrected chi connectivity index (χ4v) is 4.80. The van der Waals surface area contributed by atoms with Crippen molar-refractivity contribution in [2.24, 2.45) is 11.8 Å². The zero-order valence-electron chi connectivity index (χ0n) is 16.6. The van der Waals surface area contributed by atoms with Crippen LogP contribution in [0.4, 0.5) is 0 Å². The number of piperidine rings is 1. The monoisotopic (exact) mass is 404 g/mol. The summed E-state index contributed by atoms with van der Waals surface area (Å²) in [6.45, 7) is 2.55. The van der Waals surface area contributed by atoms with Crippen molar-refractivity contribution in [3.8, 4) is 17.2 Å². The van der Waals surface area contributed by atoms with Crippen LogP contribution >= 0.6 is 0 Å². The first-order valence-corrected chi connectivity index (χ1v) is 10.3. The van der Waals surface area contributed by atoms with Gasteiger partial charge in [-0.1, -0.05) is 18.2 Å². The number of pyridine rings is 1. The number of hydrogen-bond acceptors (Lipinski definition) is 6. The van der Waals surface area contributed by atoms with Crippen LogP contribution in [-0.4, -0.2) is 45.0 Å². The van der Waals surface area contributed by atoms with E-state index in [0.29, 0.717) is 17.7 Å². The van der Waals surface area contributed by atoms with E-state index >= 15 is 0 Å². The van der Waals surface area contributed by atoms with E-state index in [1.54, 1.807) is 12.3 Å². The summed E-state index contributed by atoms with van der Waals surface area (Å²) in [6.07, 6.45) is 5.44. The average molecular weight is 404 g/mol. The third-order valence-electron chi connectivity index (χ3n) is 6.17. The van der Waals surface area contributed by atoms with Gasteiger partial charge >= 0.3 is 0 Å². The highest BCUT2D eigenvalue weighted by atomic mass is 16.3. The van der Waals surface area contributed by atoms with Crippen LogP contribution in [-0.2, 0) is 6.54 Å². The number of fused-ring (bicyclic) bond motifs is 2. The van der Waals surface area contributed by atoms with Gasteiger partial charge in [0, 0.05) is 37.4 Å². The fraction of sp³-hybridized carbons (Fsp3) is 0.348. The summed E-state index contributed by atoms with van der Waals surface area (Å²) in [5, 5.41) is 13.0. The minimum absolute atomic E-state index is 0.0833. The molecular weight excluding hydrogens is 380 g/mol. The van der Waals surface area contributed by atoms with Gasteiger partial charge in [0.25, 0.3) is 5.91 Å². The summed E-state index contributed by atoms with van der Waals surface area (Å²) >= 11 is 0. The van der Waals surface area contributed by atoms with Crippen LogP contribution in [0.15, 0.2) is 59.3 Å². The number of nitrogens with zero attached hydrogens (tertiary/aromatic N) is 3. The highest BCUT2D eigenvalue weighted by Crippen LogP contribution is 2.37. The van der Waals surface area contributed by atoms with Gasteiger partial charge in [-0.2, -0.15) is 0 Å². The molecule has 1 saturated carbocycles. The molecule has 2 bridgehead atoms. The van der Waals surface area contributed by atoms with Gasteiger partial charge in [-0.25, -0.2) is 9.97 Å². The summed E-state index contributed by atoms with van der Waals surface area (Å²) in [7, 11) is 0. The van der Waals surface area contributed by atoms with Crippen LogP contribution in [0.2, 0.25) is 0 Å². The second-order valence-corrected chi connectivity index (χ2v) is 8.17. The van der Waals surface area contributed by atoms with Gasteiger partial charge in [0.2, 0.25) is 5.89 Å². The minimum Gasteiger partial charge on any atom is -0.505 e. The predicted octanol–water partition coefficient (Wildman–Crippen LogP) is 3.08. The number of oxazole rings is 1. The number of amides is 1. The third-order valence-corrected chi connectivity index (χ3v) is 6.17. The Morgan fingerprint density at radius 1 is 1.13 bits per heavy atom. The van der Waals surface area contributed by atoms with Crippen molar-refractivity contribution in [1.82, 2.24) is 20.2 Å². The van der Waals surface area contributed by atoms with Crippen molar-refractivity contribution in [2.45, 2.75) is 25.4 Å². The van der Waals surface area contributed by atoms with E-state index < -0.39 is 0 Å². The molecule has 0 spiro atoms. The Morgan fingerprint density at radius 3 is 2.63 bits per heavy atom. The van der Waals surface area contributed by atoms with Crippen LogP contribution in [0.1, 0.15) is 29.0 Å². The molecule has 1 amide bonds. The Bertz CT molecular complexity index is 1020. The summed E-state index contributed by atoms with van der Waals surface area (Å²) in [4.78, 5) is 23.7. The van der Waals surface area contributed by atoms with E-state index in [1.807, 2.05) is 30.3 Å². The maximum absolute atomic E-state index is 12.6. The largest absolute Gasteiger partial charge is 0.505 e. The Balaban J connectivity index is 1.22. The highest BCUT2D eigenvalue weighted by Gasteiger charge is 2.43. The number of aromatic nitrogens is 2. The number of nitrogens with one attached hydrogen (secondary N) is 1. The van der Waals surface area contributed by atoms with Gasteiger partial charge in [-0.05, 0) is 48.9 Å². The summed E-state index contributed by atoms with van der Waals surface area (Å²) in [5.74, 6) is 1.04. The first-order valence-electron chi connectivity index (χ1n) is 10.3. The zero-order valence-corrected chi connectivity index (χ0v) is 16.6. The Hall–Kier alpha value is -3.19. The number of benzene rings is 1. The van der Waals surface area contributed by atoms with Crippen LogP contribution < -0.4 is 5.32 Å². The Labute approximate surface area is 174 Å². The quantitative estimate of drug-likeness (QED) is 0.679. The standard InChI is InChI=1S/C23H24N4O3/c28-19-7-4-10-24-21(19)22(29)26-20-16-8-9-17(20)12-27(11-16)13-18-14-30-23(25-18)15-5-2-1-3-6-15/h1-7,10,14,16-17,20,28H,8-9,11-13H2,(H,26,29)/t16-,17+,20?. The highest BCUT2D eigenvalue weighted by molar-refractivity contribution is 5.95. The second kappa shape index (κ2) is 7.91. The van der Waals surface area contributed by atoms with E-state index in [1.165, 1.54) is 12.3 Å². The molecule has 7 nitrogen and oxygen atoms in total.